The van der Waals surface area contributed by atoms with E-state index in [9.17, 15) is 9.18 Å². The van der Waals surface area contributed by atoms with Crippen molar-refractivity contribution >= 4 is 23.3 Å². The molecule has 0 amide bonds. The number of ether oxygens (including phenoxy) is 2. The summed E-state index contributed by atoms with van der Waals surface area (Å²) in [6, 6.07) is 8.50. The van der Waals surface area contributed by atoms with Gasteiger partial charge in [-0.05, 0) is 36.4 Å². The van der Waals surface area contributed by atoms with Crippen LogP contribution in [0.3, 0.4) is 0 Å². The first-order valence-corrected chi connectivity index (χ1v) is 6.43. The summed E-state index contributed by atoms with van der Waals surface area (Å²) in [5, 5.41) is 0.322. The minimum atomic E-state index is -0.633. The molecule has 0 atom stereocenters. The highest BCUT2D eigenvalue weighted by Crippen LogP contribution is 2.22. The van der Waals surface area contributed by atoms with Gasteiger partial charge in [-0.2, -0.15) is 0 Å². The average Bonchev–Trinajstić information content (AvgIpc) is 2.48. The average molecular weight is 310 g/mol. The summed E-state index contributed by atoms with van der Waals surface area (Å²) in [5.74, 6) is -0.599. The van der Waals surface area contributed by atoms with E-state index in [0.29, 0.717) is 16.3 Å². The Labute approximate surface area is 126 Å². The molecular formula is C15H13ClFNO3. The first-order chi connectivity index (χ1) is 10.0. The SMILES string of the molecule is COc1ccc(N)c(C(=O)OCc2cc(F)ccc2Cl)c1. The number of nitrogen functional groups attached to an aromatic ring is 1. The molecule has 0 saturated heterocycles. The Hall–Kier alpha value is -2.27. The number of esters is 1. The predicted octanol–water partition coefficient (Wildman–Crippen LogP) is 3.43. The summed E-state index contributed by atoms with van der Waals surface area (Å²) in [6.07, 6.45) is 0. The van der Waals surface area contributed by atoms with Gasteiger partial charge in [-0.3, -0.25) is 0 Å². The second-order valence-electron chi connectivity index (χ2n) is 4.27. The maximum Gasteiger partial charge on any atom is 0.340 e. The van der Waals surface area contributed by atoms with Crippen molar-refractivity contribution in [3.8, 4) is 5.75 Å². The van der Waals surface area contributed by atoms with Gasteiger partial charge < -0.3 is 15.2 Å². The van der Waals surface area contributed by atoms with E-state index in [0.717, 1.165) is 0 Å². The Balaban J connectivity index is 2.13. The van der Waals surface area contributed by atoms with Crippen LogP contribution in [0, 0.1) is 5.82 Å². The molecule has 4 nitrogen and oxygen atoms in total. The Bertz CT molecular complexity index is 676. The number of nitrogens with two attached hydrogens (primary N) is 1. The maximum absolute atomic E-state index is 13.1. The van der Waals surface area contributed by atoms with Crippen LogP contribution in [0.15, 0.2) is 36.4 Å². The number of carbonyl (C=O) groups is 1. The Morgan fingerprint density at radius 1 is 1.29 bits per heavy atom. The summed E-state index contributed by atoms with van der Waals surface area (Å²) >= 11 is 5.90. The van der Waals surface area contributed by atoms with Crippen molar-refractivity contribution in [3.63, 3.8) is 0 Å². The van der Waals surface area contributed by atoms with Crippen molar-refractivity contribution in [2.45, 2.75) is 6.61 Å². The minimum Gasteiger partial charge on any atom is -0.497 e. The van der Waals surface area contributed by atoms with Crippen LogP contribution >= 0.6 is 11.6 Å². The minimum absolute atomic E-state index is 0.147. The number of hydrogen-bond acceptors (Lipinski definition) is 4. The fourth-order valence-electron chi connectivity index (χ4n) is 1.71. The number of hydrogen-bond donors (Lipinski definition) is 1. The van der Waals surface area contributed by atoms with Gasteiger partial charge >= 0.3 is 5.97 Å². The zero-order valence-corrected chi connectivity index (χ0v) is 12.0. The van der Waals surface area contributed by atoms with Crippen molar-refractivity contribution < 1.29 is 18.7 Å². The van der Waals surface area contributed by atoms with Crippen LogP contribution < -0.4 is 10.5 Å². The molecule has 2 N–H and O–H groups in total. The third kappa shape index (κ3) is 3.64. The fraction of sp³-hybridized carbons (Fsp3) is 0.133. The molecule has 0 unspecified atom stereocenters. The molecule has 2 aromatic carbocycles. The van der Waals surface area contributed by atoms with Gasteiger partial charge in [-0.15, -0.1) is 0 Å². The zero-order valence-electron chi connectivity index (χ0n) is 11.2. The van der Waals surface area contributed by atoms with Crippen molar-refractivity contribution in [1.82, 2.24) is 0 Å². The first kappa shape index (κ1) is 15.1. The van der Waals surface area contributed by atoms with E-state index in [1.54, 1.807) is 12.1 Å². The van der Waals surface area contributed by atoms with Crippen LogP contribution in [-0.2, 0) is 11.3 Å². The molecule has 0 bridgehead atoms. The molecule has 0 aliphatic carbocycles. The number of anilines is 1. The highest BCUT2D eigenvalue weighted by molar-refractivity contribution is 6.31. The van der Waals surface area contributed by atoms with Gasteiger partial charge in [0.2, 0.25) is 0 Å². The van der Waals surface area contributed by atoms with Crippen LogP contribution in [0.2, 0.25) is 5.02 Å². The Kier molecular flexibility index (Phi) is 4.65. The second-order valence-corrected chi connectivity index (χ2v) is 4.67. The van der Waals surface area contributed by atoms with E-state index in [1.165, 1.54) is 31.4 Å². The number of rotatable bonds is 4. The third-order valence-electron chi connectivity index (χ3n) is 2.85. The van der Waals surface area contributed by atoms with Crippen LogP contribution in [-0.4, -0.2) is 13.1 Å². The smallest absolute Gasteiger partial charge is 0.340 e. The number of methoxy groups -OCH3 is 1. The highest BCUT2D eigenvalue weighted by atomic mass is 35.5. The van der Waals surface area contributed by atoms with Crippen LogP contribution in [0.5, 0.6) is 5.75 Å². The summed E-state index contributed by atoms with van der Waals surface area (Å²) in [6.45, 7) is -0.147. The van der Waals surface area contributed by atoms with E-state index in [4.69, 9.17) is 26.8 Å². The van der Waals surface area contributed by atoms with Gasteiger partial charge in [0.05, 0.1) is 12.7 Å². The molecule has 0 aromatic heterocycles. The molecule has 110 valence electrons. The van der Waals surface area contributed by atoms with Crippen LogP contribution in [0.4, 0.5) is 10.1 Å². The molecule has 2 aromatic rings. The molecule has 0 radical (unpaired) electrons. The molecule has 2 rings (SSSR count). The molecule has 0 fully saturated rings. The molecule has 6 heteroatoms. The quantitative estimate of drug-likeness (QED) is 0.694. The predicted molar refractivity (Wildman–Crippen MR) is 77.9 cm³/mol. The summed E-state index contributed by atoms with van der Waals surface area (Å²) < 4.78 is 23.3. The largest absolute Gasteiger partial charge is 0.497 e. The van der Waals surface area contributed by atoms with Crippen molar-refractivity contribution in [2.75, 3.05) is 12.8 Å². The second kappa shape index (κ2) is 6.45. The van der Waals surface area contributed by atoms with Gasteiger partial charge in [0, 0.05) is 16.3 Å². The molecule has 21 heavy (non-hydrogen) atoms. The first-order valence-electron chi connectivity index (χ1n) is 6.06. The van der Waals surface area contributed by atoms with E-state index in [2.05, 4.69) is 0 Å². The van der Waals surface area contributed by atoms with Crippen molar-refractivity contribution in [2.24, 2.45) is 0 Å². The monoisotopic (exact) mass is 309 g/mol. The van der Waals surface area contributed by atoms with E-state index >= 15 is 0 Å². The lowest BCUT2D eigenvalue weighted by Gasteiger charge is -2.09. The van der Waals surface area contributed by atoms with Gasteiger partial charge in [0.25, 0.3) is 0 Å². The lowest BCUT2D eigenvalue weighted by Crippen LogP contribution is -2.09. The van der Waals surface area contributed by atoms with Gasteiger partial charge in [-0.25, -0.2) is 9.18 Å². The molecule has 0 saturated carbocycles. The Morgan fingerprint density at radius 2 is 2.05 bits per heavy atom. The number of carbonyl (C=O) groups excluding carboxylic acids is 1. The zero-order chi connectivity index (χ0) is 15.4. The van der Waals surface area contributed by atoms with Gasteiger partial charge in [0.1, 0.15) is 18.2 Å². The standard InChI is InChI=1S/C15H13ClFNO3/c1-20-11-3-5-14(18)12(7-11)15(19)21-8-9-6-10(17)2-4-13(9)16/h2-7H,8,18H2,1H3. The van der Waals surface area contributed by atoms with Crippen LogP contribution in [0.1, 0.15) is 15.9 Å². The summed E-state index contributed by atoms with van der Waals surface area (Å²) in [5.41, 5.74) is 6.56. The summed E-state index contributed by atoms with van der Waals surface area (Å²) in [4.78, 5) is 12.0. The van der Waals surface area contributed by atoms with E-state index in [1.807, 2.05) is 0 Å². The van der Waals surface area contributed by atoms with E-state index < -0.39 is 11.8 Å². The molecule has 0 spiro atoms. The van der Waals surface area contributed by atoms with Crippen molar-refractivity contribution in [1.29, 1.82) is 0 Å². The molecule has 0 aliphatic rings. The normalized spacial score (nSPS) is 10.2. The van der Waals surface area contributed by atoms with Crippen LogP contribution in [0.25, 0.3) is 0 Å². The summed E-state index contributed by atoms with van der Waals surface area (Å²) in [7, 11) is 1.48. The van der Waals surface area contributed by atoms with E-state index in [-0.39, 0.29) is 17.9 Å². The fourth-order valence-corrected chi connectivity index (χ4v) is 1.89. The van der Waals surface area contributed by atoms with Crippen molar-refractivity contribution in [3.05, 3.63) is 58.4 Å². The number of benzene rings is 2. The van der Waals surface area contributed by atoms with Gasteiger partial charge in [-0.1, -0.05) is 11.6 Å². The lowest BCUT2D eigenvalue weighted by atomic mass is 10.1. The molecule has 0 heterocycles. The molecule has 0 aliphatic heterocycles. The van der Waals surface area contributed by atoms with Gasteiger partial charge in [0.15, 0.2) is 0 Å². The third-order valence-corrected chi connectivity index (χ3v) is 3.22. The topological polar surface area (TPSA) is 61.5 Å². The Morgan fingerprint density at radius 3 is 2.76 bits per heavy atom. The number of halogens is 2. The maximum atomic E-state index is 13.1. The lowest BCUT2D eigenvalue weighted by molar-refractivity contribution is 0.0473. The highest BCUT2D eigenvalue weighted by Gasteiger charge is 2.14. The molecular weight excluding hydrogens is 297 g/mol.